The van der Waals surface area contributed by atoms with Gasteiger partial charge in [0.25, 0.3) is 0 Å². The Morgan fingerprint density at radius 3 is 2.54 bits per heavy atom. The summed E-state index contributed by atoms with van der Waals surface area (Å²) >= 11 is 0. The average Bonchev–Trinajstić information content (AvgIpc) is 2.44. The lowest BCUT2D eigenvalue weighted by Gasteiger charge is -2.16. The third kappa shape index (κ3) is 4.27. The first-order valence-corrected chi connectivity index (χ1v) is 6.82. The fourth-order valence-corrected chi connectivity index (χ4v) is 2.21. The van der Waals surface area contributed by atoms with Crippen molar-refractivity contribution in [2.24, 2.45) is 0 Å². The van der Waals surface area contributed by atoms with E-state index in [2.05, 4.69) is 10.3 Å². The molecule has 0 aliphatic rings. The molecule has 0 spiro atoms. The van der Waals surface area contributed by atoms with E-state index in [1.165, 1.54) is 12.1 Å². The van der Waals surface area contributed by atoms with Crippen LogP contribution in [0.25, 0.3) is 10.9 Å². The minimum atomic E-state index is -4.56. The molecule has 0 saturated carbocycles. The molecule has 1 heterocycles. The van der Waals surface area contributed by atoms with Crippen LogP contribution in [0.15, 0.2) is 24.4 Å². The van der Waals surface area contributed by atoms with Gasteiger partial charge in [0.1, 0.15) is 5.56 Å². The van der Waals surface area contributed by atoms with Crippen LogP contribution in [0.3, 0.4) is 0 Å². The molecule has 0 saturated heterocycles. The Morgan fingerprint density at radius 2 is 2.00 bits per heavy atom. The van der Waals surface area contributed by atoms with E-state index in [-0.39, 0.29) is 34.6 Å². The molecule has 9 heteroatoms. The lowest BCUT2D eigenvalue weighted by atomic mass is 10.0. The van der Waals surface area contributed by atoms with Crippen LogP contribution in [-0.2, 0) is 6.18 Å². The lowest BCUT2D eigenvalue weighted by molar-refractivity contribution is -0.136. The number of carbonyl (C=O) groups is 1. The van der Waals surface area contributed by atoms with Crippen LogP contribution in [0.5, 0.6) is 0 Å². The number of carboxylic acids is 1. The monoisotopic (exact) mass is 363 g/mol. The minimum absolute atomic E-state index is 0. The summed E-state index contributed by atoms with van der Waals surface area (Å²) in [4.78, 5) is 16.9. The Kier molecular flexibility index (Phi) is 6.39. The zero-order valence-electron chi connectivity index (χ0n) is 13.0. The number of hydrogen-bond acceptors (Lipinski definition) is 4. The number of para-hydroxylation sites is 1. The summed E-state index contributed by atoms with van der Waals surface area (Å²) in [5.41, 5.74) is -1.16. The highest BCUT2D eigenvalue weighted by molar-refractivity contribution is 6.05. The van der Waals surface area contributed by atoms with E-state index in [0.717, 1.165) is 12.3 Å². The van der Waals surface area contributed by atoms with Gasteiger partial charge in [0.05, 0.1) is 16.8 Å². The number of anilines is 1. The van der Waals surface area contributed by atoms with Crippen molar-refractivity contribution >= 4 is 35.0 Å². The molecule has 2 aromatic rings. The highest BCUT2D eigenvalue weighted by Gasteiger charge is 2.33. The average molecular weight is 364 g/mol. The molecule has 5 nitrogen and oxygen atoms in total. The Balaban J connectivity index is 0.00000288. The molecule has 0 radical (unpaired) electrons. The van der Waals surface area contributed by atoms with Crippen LogP contribution < -0.4 is 5.32 Å². The molecule has 0 amide bonds. The van der Waals surface area contributed by atoms with E-state index in [4.69, 9.17) is 0 Å². The molecule has 0 atom stereocenters. The van der Waals surface area contributed by atoms with Crippen LogP contribution in [-0.4, -0.2) is 48.1 Å². The van der Waals surface area contributed by atoms with E-state index in [1.807, 2.05) is 19.0 Å². The van der Waals surface area contributed by atoms with Crippen molar-refractivity contribution in [3.8, 4) is 0 Å². The lowest BCUT2D eigenvalue weighted by Crippen LogP contribution is -2.22. The molecule has 1 aromatic heterocycles. The predicted molar refractivity (Wildman–Crippen MR) is 88.0 cm³/mol. The van der Waals surface area contributed by atoms with Crippen LogP contribution in [0.1, 0.15) is 15.9 Å². The highest BCUT2D eigenvalue weighted by Crippen LogP contribution is 2.36. The number of likely N-dealkylation sites (N-methyl/N-ethyl adjacent to an activating group) is 1. The Morgan fingerprint density at radius 1 is 1.33 bits per heavy atom. The molecule has 2 rings (SSSR count). The number of alkyl halides is 3. The molecule has 1 aromatic carbocycles. The van der Waals surface area contributed by atoms with Gasteiger partial charge in [-0.15, -0.1) is 12.4 Å². The van der Waals surface area contributed by atoms with Gasteiger partial charge in [0.15, 0.2) is 0 Å². The fourth-order valence-electron chi connectivity index (χ4n) is 2.21. The fraction of sp³-hybridized carbons (Fsp3) is 0.333. The maximum Gasteiger partial charge on any atom is 0.418 e. The number of pyridine rings is 1. The number of fused-ring (bicyclic) bond motifs is 1. The number of aromatic carboxylic acids is 1. The molecular formula is C15H17ClF3N3O2. The molecule has 0 aliphatic carbocycles. The van der Waals surface area contributed by atoms with Gasteiger partial charge in [-0.05, 0) is 20.2 Å². The van der Waals surface area contributed by atoms with Gasteiger partial charge in [-0.1, -0.05) is 12.1 Å². The van der Waals surface area contributed by atoms with E-state index >= 15 is 0 Å². The highest BCUT2D eigenvalue weighted by atomic mass is 35.5. The van der Waals surface area contributed by atoms with Crippen LogP contribution >= 0.6 is 12.4 Å². The number of hydrogen-bond donors (Lipinski definition) is 2. The summed E-state index contributed by atoms with van der Waals surface area (Å²) < 4.78 is 39.2. The summed E-state index contributed by atoms with van der Waals surface area (Å²) in [6, 6.07) is 3.61. The summed E-state index contributed by atoms with van der Waals surface area (Å²) in [6.45, 7) is 0.991. The molecular weight excluding hydrogens is 347 g/mol. The van der Waals surface area contributed by atoms with E-state index < -0.39 is 17.7 Å². The van der Waals surface area contributed by atoms with Crippen molar-refractivity contribution in [3.63, 3.8) is 0 Å². The Bertz CT molecular complexity index is 736. The second kappa shape index (κ2) is 7.67. The van der Waals surface area contributed by atoms with Crippen molar-refractivity contribution in [2.75, 3.05) is 32.5 Å². The second-order valence-corrected chi connectivity index (χ2v) is 5.28. The van der Waals surface area contributed by atoms with Gasteiger partial charge in [-0.3, -0.25) is 4.98 Å². The zero-order chi connectivity index (χ0) is 17.2. The quantitative estimate of drug-likeness (QED) is 0.853. The molecule has 0 bridgehead atoms. The SMILES string of the molecule is CN(C)CCNc1c(C(=O)O)cnc2c(C(F)(F)F)cccc12.Cl. The number of nitrogens with zero attached hydrogens (tertiary/aromatic N) is 2. The number of halogens is 4. The van der Waals surface area contributed by atoms with Gasteiger partial charge in [-0.2, -0.15) is 13.2 Å². The molecule has 24 heavy (non-hydrogen) atoms. The molecule has 0 aliphatic heterocycles. The number of rotatable bonds is 5. The smallest absolute Gasteiger partial charge is 0.418 e. The van der Waals surface area contributed by atoms with Crippen molar-refractivity contribution in [3.05, 3.63) is 35.5 Å². The van der Waals surface area contributed by atoms with Crippen molar-refractivity contribution in [1.29, 1.82) is 0 Å². The van der Waals surface area contributed by atoms with E-state index in [9.17, 15) is 23.1 Å². The summed E-state index contributed by atoms with van der Waals surface area (Å²) in [5.74, 6) is -1.25. The normalized spacial score (nSPS) is 11.4. The van der Waals surface area contributed by atoms with Crippen molar-refractivity contribution < 1.29 is 23.1 Å². The Labute approximate surface area is 142 Å². The molecule has 132 valence electrons. The third-order valence-electron chi connectivity index (χ3n) is 3.29. The first kappa shape index (κ1) is 20.0. The van der Waals surface area contributed by atoms with Gasteiger partial charge < -0.3 is 15.3 Å². The van der Waals surface area contributed by atoms with Gasteiger partial charge in [0.2, 0.25) is 0 Å². The maximum absolute atomic E-state index is 13.1. The van der Waals surface area contributed by atoms with Crippen LogP contribution in [0.2, 0.25) is 0 Å². The summed E-state index contributed by atoms with van der Waals surface area (Å²) in [7, 11) is 3.68. The molecule has 2 N–H and O–H groups in total. The zero-order valence-corrected chi connectivity index (χ0v) is 13.8. The first-order chi connectivity index (χ1) is 10.7. The second-order valence-electron chi connectivity index (χ2n) is 5.28. The number of benzene rings is 1. The van der Waals surface area contributed by atoms with Crippen LogP contribution in [0.4, 0.5) is 18.9 Å². The number of aromatic nitrogens is 1. The van der Waals surface area contributed by atoms with Crippen LogP contribution in [0, 0.1) is 0 Å². The standard InChI is InChI=1S/C15H16F3N3O2.ClH/c1-21(2)7-6-19-12-9-4-3-5-11(15(16,17)18)13(9)20-8-10(12)14(22)23;/h3-5,8H,6-7H2,1-2H3,(H,19,20)(H,22,23);1H. The maximum atomic E-state index is 13.1. The van der Waals surface area contributed by atoms with Crippen molar-refractivity contribution in [1.82, 2.24) is 9.88 Å². The summed E-state index contributed by atoms with van der Waals surface area (Å²) in [6.07, 6.45) is -3.60. The number of nitrogens with one attached hydrogen (secondary N) is 1. The minimum Gasteiger partial charge on any atom is -0.478 e. The summed E-state index contributed by atoms with van der Waals surface area (Å²) in [5, 5.41) is 12.3. The van der Waals surface area contributed by atoms with E-state index in [0.29, 0.717) is 13.1 Å². The topological polar surface area (TPSA) is 65.5 Å². The van der Waals surface area contributed by atoms with E-state index in [1.54, 1.807) is 0 Å². The predicted octanol–water partition coefficient (Wildman–Crippen LogP) is 3.35. The third-order valence-corrected chi connectivity index (χ3v) is 3.29. The van der Waals surface area contributed by atoms with Gasteiger partial charge >= 0.3 is 12.1 Å². The molecule has 0 unspecified atom stereocenters. The van der Waals surface area contributed by atoms with Gasteiger partial charge in [0, 0.05) is 24.7 Å². The largest absolute Gasteiger partial charge is 0.478 e. The van der Waals surface area contributed by atoms with Gasteiger partial charge in [-0.25, -0.2) is 4.79 Å². The number of carboxylic acid groups (broad SMARTS) is 1. The Hall–Kier alpha value is -2.06. The van der Waals surface area contributed by atoms with Crippen molar-refractivity contribution in [2.45, 2.75) is 6.18 Å². The molecule has 0 fully saturated rings. The first-order valence-electron chi connectivity index (χ1n) is 6.82.